The summed E-state index contributed by atoms with van der Waals surface area (Å²) in [5.74, 6) is 0. The Bertz CT molecular complexity index is 504. The molecule has 138 valence electrons. The maximum Gasteiger partial charge on any atom is 0.410 e. The van der Waals surface area contributed by atoms with E-state index in [9.17, 15) is 4.79 Å². The van der Waals surface area contributed by atoms with Crippen LogP contribution in [-0.4, -0.2) is 50.1 Å². The van der Waals surface area contributed by atoms with Gasteiger partial charge in [-0.2, -0.15) is 0 Å². The number of carbonyl (C=O) groups is 1. The first kappa shape index (κ1) is 20.8. The Morgan fingerprint density at radius 2 is 1.88 bits per heavy atom. The summed E-state index contributed by atoms with van der Waals surface area (Å²) in [5.41, 5.74) is 8.04. The molecule has 2 atom stereocenters. The van der Waals surface area contributed by atoms with Crippen LogP contribution >= 0.6 is 0 Å². The maximum atomic E-state index is 12.5. The Kier molecular flexibility index (Phi) is 6.35. The van der Waals surface area contributed by atoms with Gasteiger partial charge in [0.1, 0.15) is 5.60 Å². The first-order valence-corrected chi connectivity index (χ1v) is 11.4. The fourth-order valence-electron chi connectivity index (χ4n) is 2.40. The molecule has 1 aliphatic rings. The second-order valence-electron chi connectivity index (χ2n) is 8.94. The van der Waals surface area contributed by atoms with Gasteiger partial charge in [0.25, 0.3) is 0 Å². The largest absolute Gasteiger partial charge is 0.444 e. The Morgan fingerprint density at radius 3 is 2.33 bits per heavy atom. The highest BCUT2D eigenvalue weighted by Gasteiger charge is 2.44. The van der Waals surface area contributed by atoms with Crippen molar-refractivity contribution >= 4 is 14.4 Å². The van der Waals surface area contributed by atoms with E-state index in [0.29, 0.717) is 13.0 Å². The zero-order chi connectivity index (χ0) is 18.8. The van der Waals surface area contributed by atoms with Gasteiger partial charge in [0.15, 0.2) is 8.32 Å². The van der Waals surface area contributed by atoms with Crippen LogP contribution in [-0.2, 0) is 9.16 Å². The summed E-state index contributed by atoms with van der Waals surface area (Å²) in [6, 6.07) is -0.175. The van der Waals surface area contributed by atoms with Crippen LogP contribution in [0.5, 0.6) is 0 Å². The molecule has 0 bridgehead atoms. The van der Waals surface area contributed by atoms with Crippen molar-refractivity contribution in [3.63, 3.8) is 0 Å². The summed E-state index contributed by atoms with van der Waals surface area (Å²) >= 11 is 0. The number of amides is 1. The predicted octanol–water partition coefficient (Wildman–Crippen LogP) is 4.70. The van der Waals surface area contributed by atoms with Crippen LogP contribution < -0.4 is 0 Å². The van der Waals surface area contributed by atoms with Crippen molar-refractivity contribution in [2.75, 3.05) is 13.1 Å². The van der Waals surface area contributed by atoms with E-state index >= 15 is 0 Å². The molecule has 1 saturated heterocycles. The maximum absolute atomic E-state index is 12.5. The zero-order valence-electron chi connectivity index (χ0n) is 16.3. The molecule has 0 saturated carbocycles. The number of carbonyl (C=O) groups excluding carboxylic acids is 1. The molecule has 0 aromatic rings. The topological polar surface area (TPSA) is 87.5 Å². The van der Waals surface area contributed by atoms with Crippen LogP contribution in [0.15, 0.2) is 5.11 Å². The molecular weight excluding hydrogens is 324 g/mol. The molecule has 7 nitrogen and oxygen atoms in total. The second kappa shape index (κ2) is 7.33. The Balaban J connectivity index is 2.87. The molecule has 1 amide bonds. The lowest BCUT2D eigenvalue weighted by Crippen LogP contribution is -2.45. The van der Waals surface area contributed by atoms with Crippen molar-refractivity contribution in [3.05, 3.63) is 10.4 Å². The normalized spacial score (nSPS) is 22.2. The summed E-state index contributed by atoms with van der Waals surface area (Å²) in [4.78, 5) is 16.9. The second-order valence-corrected chi connectivity index (χ2v) is 13.7. The van der Waals surface area contributed by atoms with E-state index in [0.717, 1.165) is 0 Å². The third kappa shape index (κ3) is 5.68. The number of rotatable bonds is 4. The minimum Gasteiger partial charge on any atom is -0.444 e. The van der Waals surface area contributed by atoms with Gasteiger partial charge in [-0.15, -0.1) is 0 Å². The quantitative estimate of drug-likeness (QED) is 0.316. The molecule has 1 heterocycles. The first-order valence-electron chi connectivity index (χ1n) is 8.45. The fourth-order valence-corrected chi connectivity index (χ4v) is 3.76. The number of likely N-dealkylation sites (tertiary alicyclic amines) is 1. The van der Waals surface area contributed by atoms with E-state index in [-0.39, 0.29) is 29.8 Å². The van der Waals surface area contributed by atoms with E-state index < -0.39 is 13.9 Å². The van der Waals surface area contributed by atoms with Gasteiger partial charge in [-0.25, -0.2) is 4.79 Å². The standard InChI is InChI=1S/C16H32N4O3Si/c1-15(2,3)22-14(21)20-11-13(9-12(20)10-18-19-17)23-24(7,8)16(4,5)6/h12-13H,9-11H2,1-8H3/t12?,13-/m1/s1. The monoisotopic (exact) mass is 356 g/mol. The lowest BCUT2D eigenvalue weighted by Gasteiger charge is -2.38. The van der Waals surface area contributed by atoms with Crippen LogP contribution in [0, 0.1) is 0 Å². The van der Waals surface area contributed by atoms with Crippen molar-refractivity contribution in [1.82, 2.24) is 4.90 Å². The smallest absolute Gasteiger partial charge is 0.410 e. The predicted molar refractivity (Wildman–Crippen MR) is 97.4 cm³/mol. The van der Waals surface area contributed by atoms with Gasteiger partial charge in [0, 0.05) is 24.0 Å². The van der Waals surface area contributed by atoms with Gasteiger partial charge in [-0.05, 0) is 50.9 Å². The van der Waals surface area contributed by atoms with Gasteiger partial charge >= 0.3 is 6.09 Å². The van der Waals surface area contributed by atoms with Crippen LogP contribution in [0.1, 0.15) is 48.0 Å². The summed E-state index contributed by atoms with van der Waals surface area (Å²) in [7, 11) is -1.92. The van der Waals surface area contributed by atoms with Crippen LogP contribution in [0.3, 0.4) is 0 Å². The highest BCUT2D eigenvalue weighted by atomic mass is 28.4. The van der Waals surface area contributed by atoms with Crippen molar-refractivity contribution in [1.29, 1.82) is 0 Å². The van der Waals surface area contributed by atoms with Crippen molar-refractivity contribution in [2.45, 2.75) is 83.8 Å². The molecule has 1 unspecified atom stereocenters. The minimum atomic E-state index is -1.92. The van der Waals surface area contributed by atoms with Crippen LogP contribution in [0.4, 0.5) is 4.79 Å². The molecule has 8 heteroatoms. The van der Waals surface area contributed by atoms with Gasteiger partial charge in [0.2, 0.25) is 0 Å². The van der Waals surface area contributed by atoms with E-state index in [4.69, 9.17) is 14.7 Å². The lowest BCUT2D eigenvalue weighted by atomic mass is 10.2. The van der Waals surface area contributed by atoms with Crippen molar-refractivity contribution < 1.29 is 14.0 Å². The Morgan fingerprint density at radius 1 is 1.29 bits per heavy atom. The third-order valence-corrected chi connectivity index (χ3v) is 9.16. The molecule has 1 aliphatic heterocycles. The summed E-state index contributed by atoms with van der Waals surface area (Å²) in [6.45, 7) is 17.2. The van der Waals surface area contributed by atoms with Gasteiger partial charge < -0.3 is 14.1 Å². The van der Waals surface area contributed by atoms with Gasteiger partial charge in [0.05, 0.1) is 6.10 Å². The molecule has 0 radical (unpaired) electrons. The molecule has 0 spiro atoms. The fraction of sp³-hybridized carbons (Fsp3) is 0.938. The third-order valence-electron chi connectivity index (χ3n) is 4.63. The molecule has 0 aromatic heterocycles. The SMILES string of the molecule is CC(C)(C)OC(=O)N1C[C@H](O[Si](C)(C)C(C)(C)C)CC1CN=[N+]=[N-]. The van der Waals surface area contributed by atoms with Crippen LogP contribution in [0.25, 0.3) is 10.4 Å². The number of hydrogen-bond donors (Lipinski definition) is 0. The molecular formula is C16H32N4O3Si. The van der Waals surface area contributed by atoms with Gasteiger partial charge in [-0.3, -0.25) is 0 Å². The Labute approximate surface area is 146 Å². The average molecular weight is 357 g/mol. The number of ether oxygens (including phenoxy) is 1. The molecule has 0 aliphatic carbocycles. The highest BCUT2D eigenvalue weighted by molar-refractivity contribution is 6.74. The first-order chi connectivity index (χ1) is 10.8. The van der Waals surface area contributed by atoms with Crippen LogP contribution in [0.2, 0.25) is 18.1 Å². The average Bonchev–Trinajstić information content (AvgIpc) is 2.75. The minimum absolute atomic E-state index is 0.0442. The van der Waals surface area contributed by atoms with Crippen molar-refractivity contribution in [3.8, 4) is 0 Å². The number of azide groups is 1. The molecule has 0 N–H and O–H groups in total. The van der Waals surface area contributed by atoms with E-state index in [2.05, 4.69) is 43.9 Å². The highest BCUT2D eigenvalue weighted by Crippen LogP contribution is 2.39. The van der Waals surface area contributed by atoms with E-state index in [1.807, 2.05) is 20.8 Å². The van der Waals surface area contributed by atoms with E-state index in [1.54, 1.807) is 4.90 Å². The molecule has 0 aromatic carbocycles. The summed E-state index contributed by atoms with van der Waals surface area (Å²) < 4.78 is 11.9. The van der Waals surface area contributed by atoms with Crippen molar-refractivity contribution in [2.24, 2.45) is 5.11 Å². The molecule has 1 fully saturated rings. The lowest BCUT2D eigenvalue weighted by molar-refractivity contribution is 0.0216. The van der Waals surface area contributed by atoms with Gasteiger partial charge in [-0.1, -0.05) is 25.9 Å². The molecule has 1 rings (SSSR count). The molecule has 24 heavy (non-hydrogen) atoms. The Hall–Kier alpha value is -1.24. The summed E-state index contributed by atoms with van der Waals surface area (Å²) in [6.07, 6.45) is 0.254. The van der Waals surface area contributed by atoms with E-state index in [1.165, 1.54) is 0 Å². The zero-order valence-corrected chi connectivity index (χ0v) is 17.3. The number of hydrogen-bond acceptors (Lipinski definition) is 4. The number of nitrogens with zero attached hydrogens (tertiary/aromatic N) is 4. The summed E-state index contributed by atoms with van der Waals surface area (Å²) in [5, 5.41) is 3.75.